The first kappa shape index (κ1) is 15.9. The summed E-state index contributed by atoms with van der Waals surface area (Å²) in [5.41, 5.74) is 0.692. The highest BCUT2D eigenvalue weighted by atomic mass is 16.2. The largest absolute Gasteiger partial charge is 0.299 e. The van der Waals surface area contributed by atoms with Crippen molar-refractivity contribution in [2.45, 2.75) is 33.6 Å². The number of benzene rings is 2. The summed E-state index contributed by atoms with van der Waals surface area (Å²) in [6.07, 6.45) is 1.87. The minimum Gasteiger partial charge on any atom is -0.299 e. The summed E-state index contributed by atoms with van der Waals surface area (Å²) >= 11 is 0. The van der Waals surface area contributed by atoms with Gasteiger partial charge in [0.15, 0.2) is 5.78 Å². The van der Waals surface area contributed by atoms with Crippen molar-refractivity contribution in [3.8, 4) is 0 Å². The van der Waals surface area contributed by atoms with E-state index in [-0.39, 0.29) is 23.4 Å². The van der Waals surface area contributed by atoms with E-state index in [1.807, 2.05) is 49.4 Å². The van der Waals surface area contributed by atoms with Crippen LogP contribution in [-0.4, -0.2) is 11.6 Å². The standard InChI is InChI=1S/C21H24O2/c1-13(2)16-12-11-14(3)19(20(16)22)21(23)18-10-6-8-15-7-4-5-9-17(15)18/h4-10,13-14,16,19H,11-12H2,1-3H3/t14-,16-,19-/m0/s1. The molecule has 1 saturated carbocycles. The molecule has 1 fully saturated rings. The van der Waals surface area contributed by atoms with Gasteiger partial charge in [0.2, 0.25) is 0 Å². The molecular weight excluding hydrogens is 284 g/mol. The lowest BCUT2D eigenvalue weighted by Crippen LogP contribution is -2.41. The van der Waals surface area contributed by atoms with Crippen molar-refractivity contribution < 1.29 is 9.59 Å². The first-order valence-corrected chi connectivity index (χ1v) is 8.56. The molecule has 0 saturated heterocycles. The second-order valence-electron chi connectivity index (χ2n) is 7.18. The maximum Gasteiger partial charge on any atom is 0.174 e. The first-order valence-electron chi connectivity index (χ1n) is 8.56. The van der Waals surface area contributed by atoms with E-state index < -0.39 is 5.92 Å². The molecule has 0 aliphatic heterocycles. The average Bonchev–Trinajstić information content (AvgIpc) is 2.53. The molecule has 23 heavy (non-hydrogen) atoms. The van der Waals surface area contributed by atoms with Crippen LogP contribution in [0, 0.1) is 23.7 Å². The maximum absolute atomic E-state index is 13.2. The first-order chi connectivity index (χ1) is 11.0. The minimum atomic E-state index is -0.484. The Bertz CT molecular complexity index is 739. The molecule has 0 spiro atoms. The number of hydrogen-bond donors (Lipinski definition) is 0. The van der Waals surface area contributed by atoms with Crippen LogP contribution >= 0.6 is 0 Å². The van der Waals surface area contributed by atoms with E-state index in [1.165, 1.54) is 0 Å². The summed E-state index contributed by atoms with van der Waals surface area (Å²) in [4.78, 5) is 26.1. The SMILES string of the molecule is CC(C)[C@@H]1CC[C@H](C)[C@H](C(=O)c2cccc3ccccc23)C1=O. The van der Waals surface area contributed by atoms with E-state index >= 15 is 0 Å². The Labute approximate surface area is 137 Å². The molecule has 3 atom stereocenters. The molecule has 0 unspecified atom stereocenters. The lowest BCUT2D eigenvalue weighted by atomic mass is 9.68. The predicted octanol–water partition coefficient (Wildman–Crippen LogP) is 4.91. The zero-order chi connectivity index (χ0) is 16.6. The molecule has 1 aliphatic rings. The molecule has 3 rings (SSSR count). The predicted molar refractivity (Wildman–Crippen MR) is 93.5 cm³/mol. The number of fused-ring (bicyclic) bond motifs is 1. The fraction of sp³-hybridized carbons (Fsp3) is 0.429. The molecule has 0 N–H and O–H groups in total. The lowest BCUT2D eigenvalue weighted by Gasteiger charge is -2.34. The van der Waals surface area contributed by atoms with Crippen molar-refractivity contribution >= 4 is 22.3 Å². The zero-order valence-corrected chi connectivity index (χ0v) is 14.1. The van der Waals surface area contributed by atoms with Gasteiger partial charge in [0.05, 0.1) is 5.92 Å². The molecule has 120 valence electrons. The third kappa shape index (κ3) is 2.83. The summed E-state index contributed by atoms with van der Waals surface area (Å²) in [5, 5.41) is 2.00. The van der Waals surface area contributed by atoms with Crippen LogP contribution in [-0.2, 0) is 4.79 Å². The molecule has 0 bridgehead atoms. The van der Waals surface area contributed by atoms with E-state index in [1.54, 1.807) is 0 Å². The van der Waals surface area contributed by atoms with Crippen LogP contribution in [0.1, 0.15) is 44.0 Å². The quantitative estimate of drug-likeness (QED) is 0.596. The Kier molecular flexibility index (Phi) is 4.34. The van der Waals surface area contributed by atoms with Gasteiger partial charge in [-0.2, -0.15) is 0 Å². The minimum absolute atomic E-state index is 0.00431. The Hall–Kier alpha value is -1.96. The summed E-state index contributed by atoms with van der Waals surface area (Å²) in [6, 6.07) is 13.7. The smallest absolute Gasteiger partial charge is 0.174 e. The highest BCUT2D eigenvalue weighted by Crippen LogP contribution is 2.37. The van der Waals surface area contributed by atoms with Gasteiger partial charge in [0, 0.05) is 11.5 Å². The van der Waals surface area contributed by atoms with Gasteiger partial charge in [-0.25, -0.2) is 0 Å². The van der Waals surface area contributed by atoms with Gasteiger partial charge in [-0.05, 0) is 35.4 Å². The molecule has 2 aromatic rings. The van der Waals surface area contributed by atoms with E-state index in [9.17, 15) is 9.59 Å². The molecule has 2 aromatic carbocycles. The average molecular weight is 308 g/mol. The summed E-state index contributed by atoms with van der Waals surface area (Å²) in [7, 11) is 0. The molecular formula is C21H24O2. The zero-order valence-electron chi connectivity index (χ0n) is 14.1. The van der Waals surface area contributed by atoms with Gasteiger partial charge in [-0.3, -0.25) is 9.59 Å². The lowest BCUT2D eigenvalue weighted by molar-refractivity contribution is -0.130. The third-order valence-electron chi connectivity index (χ3n) is 5.32. The normalized spacial score (nSPS) is 25.0. The number of carbonyl (C=O) groups is 2. The topological polar surface area (TPSA) is 34.1 Å². The van der Waals surface area contributed by atoms with Crippen molar-refractivity contribution in [2.24, 2.45) is 23.7 Å². The van der Waals surface area contributed by atoms with Gasteiger partial charge in [-0.1, -0.05) is 63.2 Å². The van der Waals surface area contributed by atoms with E-state index in [4.69, 9.17) is 0 Å². The number of ketones is 2. The van der Waals surface area contributed by atoms with Gasteiger partial charge >= 0.3 is 0 Å². The molecule has 0 amide bonds. The van der Waals surface area contributed by atoms with Crippen molar-refractivity contribution in [2.75, 3.05) is 0 Å². The Balaban J connectivity index is 2.02. The molecule has 2 nitrogen and oxygen atoms in total. The fourth-order valence-corrected chi connectivity index (χ4v) is 3.92. The summed E-state index contributed by atoms with van der Waals surface area (Å²) in [5.74, 6) is 0.125. The number of carbonyl (C=O) groups excluding carboxylic acids is 2. The van der Waals surface area contributed by atoms with Gasteiger partial charge in [0.25, 0.3) is 0 Å². The monoisotopic (exact) mass is 308 g/mol. The van der Waals surface area contributed by atoms with Crippen LogP contribution in [0.4, 0.5) is 0 Å². The molecule has 1 aliphatic carbocycles. The maximum atomic E-state index is 13.2. The van der Waals surface area contributed by atoms with Crippen molar-refractivity contribution in [3.05, 3.63) is 48.0 Å². The van der Waals surface area contributed by atoms with Crippen molar-refractivity contribution in [1.82, 2.24) is 0 Å². The van der Waals surface area contributed by atoms with Gasteiger partial charge < -0.3 is 0 Å². The van der Waals surface area contributed by atoms with Crippen LogP contribution < -0.4 is 0 Å². The highest BCUT2D eigenvalue weighted by molar-refractivity contribution is 6.17. The number of hydrogen-bond acceptors (Lipinski definition) is 2. The molecule has 0 radical (unpaired) electrons. The van der Waals surface area contributed by atoms with Gasteiger partial charge in [0.1, 0.15) is 5.78 Å². The summed E-state index contributed by atoms with van der Waals surface area (Å²) < 4.78 is 0. The van der Waals surface area contributed by atoms with Crippen LogP contribution in [0.15, 0.2) is 42.5 Å². The van der Waals surface area contributed by atoms with E-state index in [0.717, 1.165) is 23.6 Å². The second kappa shape index (κ2) is 6.27. The van der Waals surface area contributed by atoms with Crippen LogP contribution in [0.25, 0.3) is 10.8 Å². The molecule has 0 heterocycles. The third-order valence-corrected chi connectivity index (χ3v) is 5.32. The fourth-order valence-electron chi connectivity index (χ4n) is 3.92. The van der Waals surface area contributed by atoms with Crippen LogP contribution in [0.5, 0.6) is 0 Å². The van der Waals surface area contributed by atoms with Crippen LogP contribution in [0.3, 0.4) is 0 Å². The van der Waals surface area contributed by atoms with Crippen LogP contribution in [0.2, 0.25) is 0 Å². The van der Waals surface area contributed by atoms with E-state index in [2.05, 4.69) is 13.8 Å². The Morgan fingerprint density at radius 3 is 2.48 bits per heavy atom. The second-order valence-corrected chi connectivity index (χ2v) is 7.18. The molecule has 0 aromatic heterocycles. The van der Waals surface area contributed by atoms with Crippen molar-refractivity contribution in [1.29, 1.82) is 0 Å². The van der Waals surface area contributed by atoms with Crippen molar-refractivity contribution in [3.63, 3.8) is 0 Å². The number of Topliss-reactive ketones (excluding diaryl/α,β-unsaturated/α-hetero) is 2. The van der Waals surface area contributed by atoms with Gasteiger partial charge in [-0.15, -0.1) is 0 Å². The summed E-state index contributed by atoms with van der Waals surface area (Å²) in [6.45, 7) is 6.21. The Morgan fingerprint density at radius 1 is 1.04 bits per heavy atom. The number of rotatable bonds is 3. The Morgan fingerprint density at radius 2 is 1.74 bits per heavy atom. The van der Waals surface area contributed by atoms with E-state index in [0.29, 0.717) is 11.5 Å². The molecule has 2 heteroatoms. The highest BCUT2D eigenvalue weighted by Gasteiger charge is 2.41.